The van der Waals surface area contributed by atoms with E-state index in [0.29, 0.717) is 0 Å². The molecule has 78 valence electrons. The van der Waals surface area contributed by atoms with Crippen molar-refractivity contribution in [3.63, 3.8) is 0 Å². The molecule has 4 heteroatoms. The fourth-order valence-electron chi connectivity index (χ4n) is 1.54. The predicted molar refractivity (Wildman–Crippen MR) is 60.5 cm³/mol. The van der Waals surface area contributed by atoms with Gasteiger partial charge in [0.2, 0.25) is 5.28 Å². The number of aryl methyl sites for hydroxylation is 1. The Balaban J connectivity index is 2.72. The molecule has 2 aromatic rings. The summed E-state index contributed by atoms with van der Waals surface area (Å²) < 4.78 is 5.13. The molecule has 0 aliphatic carbocycles. The number of halogens is 1. The van der Waals surface area contributed by atoms with E-state index < -0.39 is 0 Å². The Morgan fingerprint density at radius 1 is 1.33 bits per heavy atom. The summed E-state index contributed by atoms with van der Waals surface area (Å²) >= 11 is 5.84. The molecule has 0 bridgehead atoms. The summed E-state index contributed by atoms with van der Waals surface area (Å²) in [6.45, 7) is 2.04. The second kappa shape index (κ2) is 4.03. The van der Waals surface area contributed by atoms with Crippen LogP contribution in [0.1, 0.15) is 12.6 Å². The summed E-state index contributed by atoms with van der Waals surface area (Å²) in [5, 5.41) is 1.32. The van der Waals surface area contributed by atoms with Gasteiger partial charge in [-0.25, -0.2) is 9.97 Å². The molecule has 3 nitrogen and oxygen atoms in total. The number of rotatable bonds is 2. The maximum Gasteiger partial charge on any atom is 0.223 e. The summed E-state index contributed by atoms with van der Waals surface area (Å²) in [6, 6.07) is 5.73. The van der Waals surface area contributed by atoms with Crippen LogP contribution >= 0.6 is 11.6 Å². The Morgan fingerprint density at radius 3 is 2.80 bits per heavy atom. The van der Waals surface area contributed by atoms with E-state index in [1.165, 1.54) is 0 Å². The van der Waals surface area contributed by atoms with E-state index in [2.05, 4.69) is 9.97 Å². The Bertz CT molecular complexity index is 499. The number of benzene rings is 1. The summed E-state index contributed by atoms with van der Waals surface area (Å²) in [6.07, 6.45) is 0.838. The number of nitrogens with zero attached hydrogens (tertiary/aromatic N) is 2. The quantitative estimate of drug-likeness (QED) is 0.733. The average molecular weight is 223 g/mol. The number of fused-ring (bicyclic) bond motifs is 1. The summed E-state index contributed by atoms with van der Waals surface area (Å²) in [4.78, 5) is 8.36. The van der Waals surface area contributed by atoms with Crippen molar-refractivity contribution in [1.29, 1.82) is 0 Å². The van der Waals surface area contributed by atoms with Gasteiger partial charge in [0.25, 0.3) is 0 Å². The Morgan fingerprint density at radius 2 is 2.13 bits per heavy atom. The first kappa shape index (κ1) is 10.2. The zero-order valence-electron chi connectivity index (χ0n) is 8.62. The molecule has 15 heavy (non-hydrogen) atoms. The fraction of sp³-hybridized carbons (Fsp3) is 0.273. The summed E-state index contributed by atoms with van der Waals surface area (Å²) in [5.74, 6) is 0.777. The number of hydrogen-bond acceptors (Lipinski definition) is 3. The minimum Gasteiger partial charge on any atom is -0.497 e. The lowest BCUT2D eigenvalue weighted by Crippen LogP contribution is -1.94. The molecule has 1 aromatic heterocycles. The summed E-state index contributed by atoms with van der Waals surface area (Å²) in [5.41, 5.74) is 1.79. The van der Waals surface area contributed by atoms with Crippen LogP contribution in [0.25, 0.3) is 10.9 Å². The average Bonchev–Trinajstić information content (AvgIpc) is 2.26. The largest absolute Gasteiger partial charge is 0.497 e. The Labute approximate surface area is 93.1 Å². The van der Waals surface area contributed by atoms with Crippen molar-refractivity contribution in [2.45, 2.75) is 13.3 Å². The molecule has 1 aromatic carbocycles. The minimum atomic E-state index is 0.285. The third kappa shape index (κ3) is 1.88. The van der Waals surface area contributed by atoms with Gasteiger partial charge in [-0.1, -0.05) is 6.92 Å². The van der Waals surface area contributed by atoms with Gasteiger partial charge in [0.15, 0.2) is 0 Å². The normalized spacial score (nSPS) is 10.6. The molecule has 0 aliphatic heterocycles. The van der Waals surface area contributed by atoms with Gasteiger partial charge in [0.1, 0.15) is 5.75 Å². The van der Waals surface area contributed by atoms with E-state index in [9.17, 15) is 0 Å². The maximum absolute atomic E-state index is 5.84. The first-order valence-corrected chi connectivity index (χ1v) is 5.12. The number of ether oxygens (including phenoxy) is 1. The van der Waals surface area contributed by atoms with Gasteiger partial charge < -0.3 is 4.74 Å². The van der Waals surface area contributed by atoms with Gasteiger partial charge in [-0.15, -0.1) is 0 Å². The van der Waals surface area contributed by atoms with E-state index >= 15 is 0 Å². The second-order valence-electron chi connectivity index (χ2n) is 3.18. The van der Waals surface area contributed by atoms with Crippen LogP contribution in [0.3, 0.4) is 0 Å². The van der Waals surface area contributed by atoms with Gasteiger partial charge >= 0.3 is 0 Å². The third-order valence-electron chi connectivity index (χ3n) is 2.29. The maximum atomic E-state index is 5.84. The summed E-state index contributed by atoms with van der Waals surface area (Å²) in [7, 11) is 1.63. The standard InChI is InChI=1S/C11H11ClN2O/c1-3-9-8-5-4-7(15-2)6-10(8)14-11(12)13-9/h4-6H,3H2,1-2H3. The number of aromatic nitrogens is 2. The van der Waals surface area contributed by atoms with Gasteiger partial charge in [-0.3, -0.25) is 0 Å². The zero-order chi connectivity index (χ0) is 10.8. The smallest absolute Gasteiger partial charge is 0.223 e. The van der Waals surface area contributed by atoms with E-state index in [4.69, 9.17) is 16.3 Å². The molecule has 1 heterocycles. The van der Waals surface area contributed by atoms with Crippen molar-refractivity contribution in [2.75, 3.05) is 7.11 Å². The molecule has 0 radical (unpaired) electrons. The molecule has 0 fully saturated rings. The molecular formula is C11H11ClN2O. The highest BCUT2D eigenvalue weighted by Gasteiger charge is 2.05. The van der Waals surface area contributed by atoms with Crippen molar-refractivity contribution >= 4 is 22.5 Å². The van der Waals surface area contributed by atoms with Gasteiger partial charge in [-0.05, 0) is 30.2 Å². The molecule has 0 saturated carbocycles. The molecular weight excluding hydrogens is 212 g/mol. The van der Waals surface area contributed by atoms with Gasteiger partial charge in [0, 0.05) is 11.5 Å². The van der Waals surface area contributed by atoms with Crippen LogP contribution in [0.2, 0.25) is 5.28 Å². The van der Waals surface area contributed by atoms with Gasteiger partial charge in [0.05, 0.1) is 18.3 Å². The molecule has 0 unspecified atom stereocenters. The minimum absolute atomic E-state index is 0.285. The zero-order valence-corrected chi connectivity index (χ0v) is 9.38. The Kier molecular flexibility index (Phi) is 2.73. The molecule has 0 amide bonds. The van der Waals surface area contributed by atoms with Gasteiger partial charge in [-0.2, -0.15) is 0 Å². The molecule has 0 aliphatic rings. The SMILES string of the molecule is CCc1nc(Cl)nc2cc(OC)ccc12. The van der Waals surface area contributed by atoms with E-state index in [0.717, 1.165) is 28.8 Å². The fourth-order valence-corrected chi connectivity index (χ4v) is 1.73. The third-order valence-corrected chi connectivity index (χ3v) is 2.46. The van der Waals surface area contributed by atoms with Crippen LogP contribution < -0.4 is 4.74 Å². The highest BCUT2D eigenvalue weighted by Crippen LogP contribution is 2.22. The molecule has 0 spiro atoms. The number of hydrogen-bond donors (Lipinski definition) is 0. The van der Waals surface area contributed by atoms with Crippen LogP contribution in [0.4, 0.5) is 0 Å². The lowest BCUT2D eigenvalue weighted by molar-refractivity contribution is 0.415. The van der Waals surface area contributed by atoms with Crippen molar-refractivity contribution < 1.29 is 4.74 Å². The number of methoxy groups -OCH3 is 1. The van der Waals surface area contributed by atoms with Crippen LogP contribution in [-0.4, -0.2) is 17.1 Å². The first-order valence-electron chi connectivity index (χ1n) is 4.74. The van der Waals surface area contributed by atoms with E-state index in [-0.39, 0.29) is 5.28 Å². The Hall–Kier alpha value is -1.35. The van der Waals surface area contributed by atoms with Crippen LogP contribution in [0, 0.1) is 0 Å². The lowest BCUT2D eigenvalue weighted by Gasteiger charge is -2.05. The van der Waals surface area contributed by atoms with Crippen LogP contribution in [0.5, 0.6) is 5.75 Å². The second-order valence-corrected chi connectivity index (χ2v) is 3.51. The first-order chi connectivity index (χ1) is 7.24. The lowest BCUT2D eigenvalue weighted by atomic mass is 10.1. The topological polar surface area (TPSA) is 35.0 Å². The van der Waals surface area contributed by atoms with Crippen molar-refractivity contribution in [2.24, 2.45) is 0 Å². The van der Waals surface area contributed by atoms with E-state index in [1.54, 1.807) is 7.11 Å². The van der Waals surface area contributed by atoms with Crippen molar-refractivity contribution in [3.05, 3.63) is 29.2 Å². The molecule has 0 N–H and O–H groups in total. The van der Waals surface area contributed by atoms with Crippen molar-refractivity contribution in [3.8, 4) is 5.75 Å². The monoisotopic (exact) mass is 222 g/mol. The van der Waals surface area contributed by atoms with Crippen LogP contribution in [0.15, 0.2) is 18.2 Å². The van der Waals surface area contributed by atoms with Crippen LogP contribution in [-0.2, 0) is 6.42 Å². The molecule has 2 rings (SSSR count). The molecule has 0 atom stereocenters. The predicted octanol–water partition coefficient (Wildman–Crippen LogP) is 2.85. The highest BCUT2D eigenvalue weighted by molar-refractivity contribution is 6.28. The van der Waals surface area contributed by atoms with E-state index in [1.807, 2.05) is 25.1 Å². The van der Waals surface area contributed by atoms with Crippen molar-refractivity contribution in [1.82, 2.24) is 9.97 Å². The highest BCUT2D eigenvalue weighted by atomic mass is 35.5. The molecule has 0 saturated heterocycles.